The van der Waals surface area contributed by atoms with Gasteiger partial charge in [0.25, 0.3) is 0 Å². The van der Waals surface area contributed by atoms with Crippen LogP contribution in [0.15, 0.2) is 47.1 Å². The summed E-state index contributed by atoms with van der Waals surface area (Å²) in [6.45, 7) is 1.82. The minimum Gasteiger partial charge on any atom is -0.469 e. The first-order chi connectivity index (χ1) is 12.6. The number of furan rings is 1. The van der Waals surface area contributed by atoms with Crippen LogP contribution in [0.2, 0.25) is 0 Å². The summed E-state index contributed by atoms with van der Waals surface area (Å²) < 4.78 is 18.7. The zero-order valence-electron chi connectivity index (χ0n) is 14.4. The average Bonchev–Trinajstić information content (AvgIpc) is 3.08. The molecule has 0 radical (unpaired) electrons. The van der Waals surface area contributed by atoms with Gasteiger partial charge < -0.3 is 20.0 Å². The summed E-state index contributed by atoms with van der Waals surface area (Å²) in [6.07, 6.45) is 2.54. The number of carbonyl (C=O) groups excluding carboxylic acids is 2. The number of carbonyl (C=O) groups is 2. The Hall–Kier alpha value is -2.83. The fourth-order valence-electron chi connectivity index (χ4n) is 3.06. The molecule has 3 rings (SSSR count). The predicted octanol–water partition coefficient (Wildman–Crippen LogP) is 2.47. The fraction of sp³-hybridized carbons (Fsp3) is 0.368. The van der Waals surface area contributed by atoms with Crippen LogP contribution in [0.5, 0.6) is 0 Å². The molecule has 2 N–H and O–H groups in total. The zero-order chi connectivity index (χ0) is 18.4. The van der Waals surface area contributed by atoms with Crippen LogP contribution in [0.4, 0.5) is 9.18 Å². The van der Waals surface area contributed by atoms with E-state index in [0.717, 1.165) is 11.3 Å². The first-order valence-corrected chi connectivity index (χ1v) is 8.72. The molecule has 26 heavy (non-hydrogen) atoms. The third kappa shape index (κ3) is 4.62. The van der Waals surface area contributed by atoms with Gasteiger partial charge >= 0.3 is 6.03 Å². The molecule has 2 heterocycles. The normalized spacial score (nSPS) is 15.9. The van der Waals surface area contributed by atoms with Crippen LogP contribution in [0.1, 0.15) is 30.1 Å². The van der Waals surface area contributed by atoms with Gasteiger partial charge in [-0.2, -0.15) is 0 Å². The first-order valence-electron chi connectivity index (χ1n) is 8.72. The molecule has 1 fully saturated rings. The molecule has 3 amide bonds. The lowest BCUT2D eigenvalue weighted by Crippen LogP contribution is -2.42. The molecule has 0 saturated carbocycles. The van der Waals surface area contributed by atoms with Crippen molar-refractivity contribution in [3.05, 3.63) is 59.8 Å². The van der Waals surface area contributed by atoms with E-state index in [9.17, 15) is 14.0 Å². The lowest BCUT2D eigenvalue weighted by Gasteiger charge is -2.21. The van der Waals surface area contributed by atoms with Crippen molar-refractivity contribution in [3.8, 4) is 0 Å². The molecular formula is C19H22FN3O3. The van der Waals surface area contributed by atoms with E-state index in [2.05, 4.69) is 10.6 Å². The Bertz CT molecular complexity index is 731. The molecule has 1 aliphatic heterocycles. The molecule has 1 aliphatic rings. The molecule has 1 aromatic heterocycles. The topological polar surface area (TPSA) is 74.6 Å². The minimum atomic E-state index is -0.287. The summed E-state index contributed by atoms with van der Waals surface area (Å²) in [7, 11) is 0. The quantitative estimate of drug-likeness (QED) is 0.861. The zero-order valence-corrected chi connectivity index (χ0v) is 14.4. The maximum Gasteiger partial charge on any atom is 0.317 e. The van der Waals surface area contributed by atoms with E-state index >= 15 is 0 Å². The number of urea groups is 1. The Morgan fingerprint density at radius 3 is 2.81 bits per heavy atom. The van der Waals surface area contributed by atoms with E-state index < -0.39 is 0 Å². The summed E-state index contributed by atoms with van der Waals surface area (Å²) in [5.41, 5.74) is 0.931. The van der Waals surface area contributed by atoms with Gasteiger partial charge in [0.2, 0.25) is 5.91 Å². The number of benzene rings is 1. The number of rotatable bonds is 5. The van der Waals surface area contributed by atoms with Crippen molar-refractivity contribution in [2.24, 2.45) is 0 Å². The highest BCUT2D eigenvalue weighted by atomic mass is 19.1. The van der Waals surface area contributed by atoms with Gasteiger partial charge in [0.05, 0.1) is 6.26 Å². The molecule has 0 spiro atoms. The van der Waals surface area contributed by atoms with Crippen molar-refractivity contribution in [3.63, 3.8) is 0 Å². The Morgan fingerprint density at radius 1 is 1.27 bits per heavy atom. The van der Waals surface area contributed by atoms with Crippen LogP contribution < -0.4 is 10.6 Å². The summed E-state index contributed by atoms with van der Waals surface area (Å²) >= 11 is 0. The second-order valence-corrected chi connectivity index (χ2v) is 6.23. The minimum absolute atomic E-state index is 0.0329. The van der Waals surface area contributed by atoms with E-state index in [0.29, 0.717) is 39.0 Å². The smallest absolute Gasteiger partial charge is 0.317 e. The summed E-state index contributed by atoms with van der Waals surface area (Å²) in [6, 6.07) is 9.82. The van der Waals surface area contributed by atoms with E-state index in [1.165, 1.54) is 12.1 Å². The number of nitrogens with one attached hydrogen (secondary N) is 2. The largest absolute Gasteiger partial charge is 0.469 e. The second kappa shape index (κ2) is 8.51. The molecule has 0 bridgehead atoms. The number of hydrogen-bond donors (Lipinski definition) is 2. The maximum atomic E-state index is 13.2. The van der Waals surface area contributed by atoms with Gasteiger partial charge in [-0.05, 0) is 36.2 Å². The van der Waals surface area contributed by atoms with Gasteiger partial charge in [-0.1, -0.05) is 12.1 Å². The molecular weight excluding hydrogens is 337 g/mol. The van der Waals surface area contributed by atoms with Crippen molar-refractivity contribution >= 4 is 11.9 Å². The lowest BCUT2D eigenvalue weighted by atomic mass is 9.93. The highest BCUT2D eigenvalue weighted by Gasteiger charge is 2.20. The standard InChI is InChI=1S/C19H22FN3O3/c20-15-5-3-14(4-6-15)16(17-2-1-13-26-17)7-9-22-19(25)23-11-8-18(24)21-10-12-23/h1-6,13,16H,7-12H2,(H,21,24)(H,22,25). The Morgan fingerprint density at radius 2 is 2.08 bits per heavy atom. The number of nitrogens with zero attached hydrogens (tertiary/aromatic N) is 1. The van der Waals surface area contributed by atoms with Gasteiger partial charge in [-0.3, -0.25) is 4.79 Å². The van der Waals surface area contributed by atoms with Gasteiger partial charge in [0.15, 0.2) is 0 Å². The van der Waals surface area contributed by atoms with Crippen LogP contribution in [-0.4, -0.2) is 43.0 Å². The van der Waals surface area contributed by atoms with Crippen LogP contribution in [0.25, 0.3) is 0 Å². The Kier molecular flexibility index (Phi) is 5.88. The molecule has 1 aromatic carbocycles. The summed E-state index contributed by atoms with van der Waals surface area (Å²) in [4.78, 5) is 25.3. The SMILES string of the molecule is O=C1CCN(C(=O)NCCC(c2ccc(F)cc2)c2ccco2)CCN1. The van der Waals surface area contributed by atoms with Gasteiger partial charge in [0, 0.05) is 38.5 Å². The van der Waals surface area contributed by atoms with Crippen LogP contribution in [0.3, 0.4) is 0 Å². The van der Waals surface area contributed by atoms with Crippen molar-refractivity contribution < 1.29 is 18.4 Å². The molecule has 138 valence electrons. The molecule has 1 atom stereocenters. The number of halogens is 1. The molecule has 6 nitrogen and oxygen atoms in total. The third-order valence-electron chi connectivity index (χ3n) is 4.47. The van der Waals surface area contributed by atoms with Crippen molar-refractivity contribution in [2.75, 3.05) is 26.2 Å². The Balaban J connectivity index is 1.59. The van der Waals surface area contributed by atoms with Gasteiger partial charge in [-0.15, -0.1) is 0 Å². The summed E-state index contributed by atoms with van der Waals surface area (Å²) in [5, 5.41) is 5.65. The van der Waals surface area contributed by atoms with Crippen molar-refractivity contribution in [1.29, 1.82) is 0 Å². The average molecular weight is 359 g/mol. The lowest BCUT2D eigenvalue weighted by molar-refractivity contribution is -0.120. The van der Waals surface area contributed by atoms with Crippen LogP contribution in [-0.2, 0) is 4.79 Å². The van der Waals surface area contributed by atoms with Crippen molar-refractivity contribution in [1.82, 2.24) is 15.5 Å². The number of amides is 3. The van der Waals surface area contributed by atoms with Crippen LogP contribution >= 0.6 is 0 Å². The first kappa shape index (κ1) is 18.0. The predicted molar refractivity (Wildman–Crippen MR) is 94.2 cm³/mol. The fourth-order valence-corrected chi connectivity index (χ4v) is 3.06. The van der Waals surface area contributed by atoms with Crippen LogP contribution in [0, 0.1) is 5.82 Å². The molecule has 7 heteroatoms. The summed E-state index contributed by atoms with van der Waals surface area (Å²) in [5.74, 6) is 0.382. The molecule has 2 aromatic rings. The van der Waals surface area contributed by atoms with Gasteiger partial charge in [-0.25, -0.2) is 9.18 Å². The Labute approximate surface area is 151 Å². The van der Waals surface area contributed by atoms with E-state index in [4.69, 9.17) is 4.42 Å². The highest BCUT2D eigenvalue weighted by molar-refractivity contribution is 5.79. The van der Waals surface area contributed by atoms with Crippen molar-refractivity contribution in [2.45, 2.75) is 18.8 Å². The second-order valence-electron chi connectivity index (χ2n) is 6.23. The third-order valence-corrected chi connectivity index (χ3v) is 4.47. The van der Waals surface area contributed by atoms with E-state index in [1.807, 2.05) is 12.1 Å². The van der Waals surface area contributed by atoms with Gasteiger partial charge in [0.1, 0.15) is 11.6 Å². The molecule has 1 saturated heterocycles. The van der Waals surface area contributed by atoms with E-state index in [-0.39, 0.29) is 23.7 Å². The monoisotopic (exact) mass is 359 g/mol. The highest BCUT2D eigenvalue weighted by Crippen LogP contribution is 2.28. The van der Waals surface area contributed by atoms with E-state index in [1.54, 1.807) is 23.3 Å². The molecule has 0 aliphatic carbocycles. The molecule has 1 unspecified atom stereocenters. The maximum absolute atomic E-state index is 13.2. The number of hydrogen-bond acceptors (Lipinski definition) is 3.